The van der Waals surface area contributed by atoms with Gasteiger partial charge in [0.05, 0.1) is 11.2 Å². The summed E-state index contributed by atoms with van der Waals surface area (Å²) in [5.41, 5.74) is 0. The third-order valence-electron chi connectivity index (χ3n) is 1.30. The van der Waals surface area contributed by atoms with Crippen LogP contribution in [0.15, 0.2) is 21.6 Å². The number of aryl methyl sites for hydroxylation is 1. The molecule has 0 amide bonds. The van der Waals surface area contributed by atoms with Gasteiger partial charge in [0.2, 0.25) is 0 Å². The van der Waals surface area contributed by atoms with Gasteiger partial charge in [-0.2, -0.15) is 8.78 Å². The van der Waals surface area contributed by atoms with Crippen molar-refractivity contribution in [1.29, 1.82) is 0 Å². The van der Waals surface area contributed by atoms with Gasteiger partial charge in [-0.3, -0.25) is 0 Å². The Hall–Kier alpha value is -1.04. The van der Waals surface area contributed by atoms with E-state index in [0.29, 0.717) is 0 Å². The molecule has 0 saturated carbocycles. The SMILES string of the molecule is Cc1occc1SC(F)(F)C(=O)O. The summed E-state index contributed by atoms with van der Waals surface area (Å²) < 4.78 is 30.0. The maximum Gasteiger partial charge on any atom is 0.393 e. The van der Waals surface area contributed by atoms with Crippen molar-refractivity contribution in [3.8, 4) is 0 Å². The lowest BCUT2D eigenvalue weighted by Gasteiger charge is -2.08. The van der Waals surface area contributed by atoms with Gasteiger partial charge in [-0.1, -0.05) is 0 Å². The predicted octanol–water partition coefficient (Wildman–Crippen LogP) is 2.36. The molecule has 6 heteroatoms. The molecule has 3 nitrogen and oxygen atoms in total. The van der Waals surface area contributed by atoms with E-state index in [1.807, 2.05) is 0 Å². The summed E-state index contributed by atoms with van der Waals surface area (Å²) in [5, 5.41) is 4.32. The number of hydrogen-bond acceptors (Lipinski definition) is 3. The number of aliphatic carboxylic acids is 1. The number of hydrogen-bond donors (Lipinski definition) is 1. The first-order chi connectivity index (χ1) is 5.93. The molecule has 1 aromatic heterocycles. The molecule has 0 saturated heterocycles. The van der Waals surface area contributed by atoms with Crippen molar-refractivity contribution in [3.05, 3.63) is 18.1 Å². The lowest BCUT2D eigenvalue weighted by Crippen LogP contribution is -2.23. The van der Waals surface area contributed by atoms with E-state index in [1.54, 1.807) is 0 Å². The molecule has 1 N–H and O–H groups in total. The Morgan fingerprint density at radius 1 is 1.69 bits per heavy atom. The Bertz CT molecular complexity index is 321. The van der Waals surface area contributed by atoms with E-state index in [-0.39, 0.29) is 22.4 Å². The summed E-state index contributed by atoms with van der Waals surface area (Å²) in [6.07, 6.45) is 1.23. The van der Waals surface area contributed by atoms with Crippen molar-refractivity contribution in [2.24, 2.45) is 0 Å². The van der Waals surface area contributed by atoms with Gasteiger partial charge in [0.1, 0.15) is 5.76 Å². The average Bonchev–Trinajstić information content (AvgIpc) is 2.35. The van der Waals surface area contributed by atoms with Gasteiger partial charge >= 0.3 is 11.2 Å². The summed E-state index contributed by atoms with van der Waals surface area (Å²) in [7, 11) is 0. The van der Waals surface area contributed by atoms with E-state index >= 15 is 0 Å². The molecular weight excluding hydrogens is 202 g/mol. The van der Waals surface area contributed by atoms with Crippen LogP contribution in [0.2, 0.25) is 0 Å². The molecule has 1 aromatic rings. The van der Waals surface area contributed by atoms with Crippen LogP contribution in [-0.4, -0.2) is 16.3 Å². The molecule has 72 valence electrons. The number of halogens is 2. The van der Waals surface area contributed by atoms with E-state index in [0.717, 1.165) is 0 Å². The monoisotopic (exact) mass is 208 g/mol. The molecule has 0 unspecified atom stereocenters. The van der Waals surface area contributed by atoms with Crippen LogP contribution in [0.4, 0.5) is 8.78 Å². The van der Waals surface area contributed by atoms with E-state index in [9.17, 15) is 13.6 Å². The molecule has 1 rings (SSSR count). The summed E-state index contributed by atoms with van der Waals surface area (Å²) in [6, 6.07) is 1.30. The molecule has 0 aliphatic carbocycles. The predicted molar refractivity (Wildman–Crippen MR) is 41.9 cm³/mol. The number of alkyl halides is 2. The molecule has 0 aromatic carbocycles. The highest BCUT2D eigenvalue weighted by Crippen LogP contribution is 2.37. The van der Waals surface area contributed by atoms with Crippen LogP contribution < -0.4 is 0 Å². The van der Waals surface area contributed by atoms with Crippen molar-refractivity contribution in [3.63, 3.8) is 0 Å². The fourth-order valence-corrected chi connectivity index (χ4v) is 1.34. The van der Waals surface area contributed by atoms with Crippen molar-refractivity contribution < 1.29 is 23.1 Å². The minimum atomic E-state index is -3.81. The molecule has 0 fully saturated rings. The summed E-state index contributed by atoms with van der Waals surface area (Å²) in [4.78, 5) is 10.2. The number of furan rings is 1. The first-order valence-electron chi connectivity index (χ1n) is 3.28. The zero-order chi connectivity index (χ0) is 10.1. The smallest absolute Gasteiger partial charge is 0.393 e. The highest BCUT2D eigenvalue weighted by molar-refractivity contribution is 8.01. The highest BCUT2D eigenvalue weighted by atomic mass is 32.2. The summed E-state index contributed by atoms with van der Waals surface area (Å²) in [6.45, 7) is 1.49. The molecule has 0 aliphatic rings. The van der Waals surface area contributed by atoms with Crippen LogP contribution in [0, 0.1) is 6.92 Å². The van der Waals surface area contributed by atoms with Crippen molar-refractivity contribution in [2.45, 2.75) is 17.1 Å². The first kappa shape index (κ1) is 10.0. The van der Waals surface area contributed by atoms with Crippen LogP contribution >= 0.6 is 11.8 Å². The average molecular weight is 208 g/mol. The Kier molecular flexibility index (Phi) is 2.60. The lowest BCUT2D eigenvalue weighted by atomic mass is 10.5. The van der Waals surface area contributed by atoms with Crippen LogP contribution in [0.1, 0.15) is 5.76 Å². The first-order valence-corrected chi connectivity index (χ1v) is 4.09. The maximum absolute atomic E-state index is 12.6. The second-order valence-corrected chi connectivity index (χ2v) is 3.42. The zero-order valence-electron chi connectivity index (χ0n) is 6.58. The number of carboxylic acids is 1. The molecule has 0 atom stereocenters. The molecule has 0 radical (unpaired) electrons. The lowest BCUT2D eigenvalue weighted by molar-refractivity contribution is -0.152. The van der Waals surface area contributed by atoms with Crippen LogP contribution in [0.25, 0.3) is 0 Å². The Morgan fingerprint density at radius 3 is 2.69 bits per heavy atom. The second kappa shape index (κ2) is 3.37. The van der Waals surface area contributed by atoms with Gasteiger partial charge in [0, 0.05) is 0 Å². The van der Waals surface area contributed by atoms with Gasteiger partial charge in [-0.15, -0.1) is 0 Å². The third-order valence-corrected chi connectivity index (χ3v) is 2.37. The fourth-order valence-electron chi connectivity index (χ4n) is 0.661. The quantitative estimate of drug-likeness (QED) is 0.774. The molecule has 1 heterocycles. The van der Waals surface area contributed by atoms with Crippen molar-refractivity contribution in [2.75, 3.05) is 0 Å². The van der Waals surface area contributed by atoms with Gasteiger partial charge in [0.25, 0.3) is 0 Å². The van der Waals surface area contributed by atoms with Gasteiger partial charge < -0.3 is 9.52 Å². The molecule has 0 aliphatic heterocycles. The number of rotatable bonds is 3. The standard InChI is InChI=1S/C7H6F2O3S/c1-4-5(2-3-12-4)13-7(8,9)6(10)11/h2-3H,1H3,(H,10,11). The number of thioether (sulfide) groups is 1. The van der Waals surface area contributed by atoms with E-state index in [1.165, 1.54) is 19.3 Å². The van der Waals surface area contributed by atoms with E-state index < -0.39 is 11.2 Å². The largest absolute Gasteiger partial charge is 0.476 e. The summed E-state index contributed by atoms with van der Waals surface area (Å²) >= 11 is -0.0394. The Balaban J connectivity index is 2.80. The van der Waals surface area contributed by atoms with Crippen LogP contribution in [0.3, 0.4) is 0 Å². The third kappa shape index (κ3) is 2.21. The maximum atomic E-state index is 12.6. The van der Waals surface area contributed by atoms with Gasteiger partial charge in [-0.25, -0.2) is 4.79 Å². The Morgan fingerprint density at radius 2 is 2.31 bits per heavy atom. The normalized spacial score (nSPS) is 11.6. The number of carboxylic acid groups (broad SMARTS) is 1. The molecular formula is C7H6F2O3S. The highest BCUT2D eigenvalue weighted by Gasteiger charge is 2.40. The molecule has 0 bridgehead atoms. The minimum absolute atomic E-state index is 0.0394. The van der Waals surface area contributed by atoms with Crippen molar-refractivity contribution >= 4 is 17.7 Å². The van der Waals surface area contributed by atoms with Gasteiger partial charge in [-0.05, 0) is 24.8 Å². The van der Waals surface area contributed by atoms with Crippen LogP contribution in [-0.2, 0) is 4.79 Å². The second-order valence-electron chi connectivity index (χ2n) is 2.27. The van der Waals surface area contributed by atoms with E-state index in [4.69, 9.17) is 9.52 Å². The summed E-state index contributed by atoms with van der Waals surface area (Å²) in [5.74, 6) is -1.87. The van der Waals surface area contributed by atoms with Crippen LogP contribution in [0.5, 0.6) is 0 Å². The Labute approximate surface area is 76.7 Å². The number of carbonyl (C=O) groups is 1. The topological polar surface area (TPSA) is 50.4 Å². The van der Waals surface area contributed by atoms with E-state index in [2.05, 4.69) is 0 Å². The minimum Gasteiger partial charge on any atom is -0.476 e. The molecule has 13 heavy (non-hydrogen) atoms. The van der Waals surface area contributed by atoms with Crippen molar-refractivity contribution in [1.82, 2.24) is 0 Å². The molecule has 0 spiro atoms. The van der Waals surface area contributed by atoms with Gasteiger partial charge in [0.15, 0.2) is 0 Å². The fraction of sp³-hybridized carbons (Fsp3) is 0.286. The zero-order valence-corrected chi connectivity index (χ0v) is 7.40.